The predicted octanol–water partition coefficient (Wildman–Crippen LogP) is 1.43. The molecule has 1 fully saturated rings. The molecule has 5 nitrogen and oxygen atoms in total. The van der Waals surface area contributed by atoms with Crippen LogP contribution in [0.25, 0.3) is 0 Å². The van der Waals surface area contributed by atoms with Crippen LogP contribution in [0, 0.1) is 5.41 Å². The minimum absolute atomic E-state index is 0.0357. The highest BCUT2D eigenvalue weighted by Crippen LogP contribution is 2.21. The minimum atomic E-state index is -3.15. The summed E-state index contributed by atoms with van der Waals surface area (Å²) in [6.07, 6.45) is 1.55. The lowest BCUT2D eigenvalue weighted by Gasteiger charge is -2.38. The molecule has 7 heteroatoms. The Morgan fingerprint density at radius 3 is 2.14 bits per heavy atom. The van der Waals surface area contributed by atoms with Crippen LogP contribution < -0.4 is 5.73 Å². The zero-order chi connectivity index (χ0) is 16.3. The van der Waals surface area contributed by atoms with Gasteiger partial charge in [0.2, 0.25) is 10.0 Å². The molecule has 21 heavy (non-hydrogen) atoms. The highest BCUT2D eigenvalue weighted by atomic mass is 32.2. The average Bonchev–Trinajstić information content (AvgIpc) is 2.37. The van der Waals surface area contributed by atoms with Crippen molar-refractivity contribution < 1.29 is 8.42 Å². The Kier molecular flexibility index (Phi) is 6.58. The number of rotatable bonds is 6. The molecule has 0 bridgehead atoms. The molecule has 2 N–H and O–H groups in total. The third-order valence-electron chi connectivity index (χ3n) is 3.93. The molecule has 0 aromatic heterocycles. The summed E-state index contributed by atoms with van der Waals surface area (Å²) in [6.45, 7) is 10.7. The van der Waals surface area contributed by atoms with Gasteiger partial charge in [0, 0.05) is 26.2 Å². The van der Waals surface area contributed by atoms with Gasteiger partial charge in [0.25, 0.3) is 0 Å². The van der Waals surface area contributed by atoms with Crippen molar-refractivity contribution >= 4 is 27.2 Å². The van der Waals surface area contributed by atoms with Gasteiger partial charge >= 0.3 is 0 Å². The first-order chi connectivity index (χ1) is 9.57. The van der Waals surface area contributed by atoms with Crippen molar-refractivity contribution in [2.45, 2.75) is 46.6 Å². The van der Waals surface area contributed by atoms with Crippen molar-refractivity contribution in [3.63, 3.8) is 0 Å². The third kappa shape index (κ3) is 5.81. The van der Waals surface area contributed by atoms with E-state index in [1.807, 2.05) is 0 Å². The monoisotopic (exact) mass is 335 g/mol. The molecule has 1 atom stereocenters. The van der Waals surface area contributed by atoms with Gasteiger partial charge in [-0.05, 0) is 18.3 Å². The largest absolute Gasteiger partial charge is 0.392 e. The first-order valence-corrected chi connectivity index (χ1v) is 9.60. The van der Waals surface area contributed by atoms with Crippen LogP contribution in [0.3, 0.4) is 0 Å². The number of thiocarbonyl (C=S) groups is 1. The topological polar surface area (TPSA) is 66.6 Å². The van der Waals surface area contributed by atoms with E-state index in [2.05, 4.69) is 32.6 Å². The molecule has 0 saturated carbocycles. The zero-order valence-corrected chi connectivity index (χ0v) is 15.3. The molecule has 0 radical (unpaired) electrons. The Labute approximate surface area is 134 Å². The molecule has 1 rings (SSSR count). The standard InChI is InChI=1S/C14H29N3O2S2/c1-5-12(13(15)20)16-7-9-17(10-8-16)21(18,19)11-6-14(2,3)4/h12H,5-11H2,1-4H3,(H2,15,20). The summed E-state index contributed by atoms with van der Waals surface area (Å²) in [7, 11) is -3.15. The lowest BCUT2D eigenvalue weighted by Crippen LogP contribution is -2.55. The van der Waals surface area contributed by atoms with Gasteiger partial charge in [-0.25, -0.2) is 8.42 Å². The highest BCUT2D eigenvalue weighted by molar-refractivity contribution is 7.89. The normalized spacial score (nSPS) is 20.4. The van der Waals surface area contributed by atoms with E-state index in [1.54, 1.807) is 4.31 Å². The second kappa shape index (κ2) is 7.35. The predicted molar refractivity (Wildman–Crippen MR) is 91.9 cm³/mol. The maximum Gasteiger partial charge on any atom is 0.214 e. The lowest BCUT2D eigenvalue weighted by molar-refractivity contribution is 0.165. The van der Waals surface area contributed by atoms with Crippen LogP contribution in [0.5, 0.6) is 0 Å². The van der Waals surface area contributed by atoms with E-state index in [9.17, 15) is 8.42 Å². The summed E-state index contributed by atoms with van der Waals surface area (Å²) in [5, 5.41) is 0. The van der Waals surface area contributed by atoms with Crippen molar-refractivity contribution in [3.05, 3.63) is 0 Å². The van der Waals surface area contributed by atoms with E-state index in [-0.39, 0.29) is 17.2 Å². The lowest BCUT2D eigenvalue weighted by atomic mass is 9.94. The minimum Gasteiger partial charge on any atom is -0.392 e. The van der Waals surface area contributed by atoms with E-state index >= 15 is 0 Å². The van der Waals surface area contributed by atoms with Crippen LogP contribution in [-0.2, 0) is 10.0 Å². The van der Waals surface area contributed by atoms with E-state index in [1.165, 1.54) is 0 Å². The maximum absolute atomic E-state index is 12.4. The summed E-state index contributed by atoms with van der Waals surface area (Å²) >= 11 is 5.09. The Bertz CT molecular complexity index is 449. The van der Waals surface area contributed by atoms with E-state index < -0.39 is 10.0 Å². The van der Waals surface area contributed by atoms with Crippen LogP contribution in [0.15, 0.2) is 0 Å². The number of hydrogen-bond acceptors (Lipinski definition) is 4. The van der Waals surface area contributed by atoms with Crippen molar-refractivity contribution in [3.8, 4) is 0 Å². The summed E-state index contributed by atoms with van der Waals surface area (Å²) < 4.78 is 26.4. The fraction of sp³-hybridized carbons (Fsp3) is 0.929. The van der Waals surface area contributed by atoms with Gasteiger partial charge in [-0.2, -0.15) is 4.31 Å². The molecule has 1 unspecified atom stereocenters. The summed E-state index contributed by atoms with van der Waals surface area (Å²) in [4.78, 5) is 2.69. The molecule has 1 saturated heterocycles. The highest BCUT2D eigenvalue weighted by Gasteiger charge is 2.30. The Morgan fingerprint density at radius 2 is 1.76 bits per heavy atom. The van der Waals surface area contributed by atoms with Gasteiger partial charge in [-0.1, -0.05) is 39.9 Å². The van der Waals surface area contributed by atoms with Crippen molar-refractivity contribution in [2.75, 3.05) is 31.9 Å². The number of nitrogens with zero attached hydrogens (tertiary/aromatic N) is 2. The summed E-state index contributed by atoms with van der Waals surface area (Å²) in [5.41, 5.74) is 5.79. The number of nitrogens with two attached hydrogens (primary N) is 1. The fourth-order valence-corrected chi connectivity index (χ4v) is 4.66. The number of hydrogen-bond donors (Lipinski definition) is 1. The third-order valence-corrected chi connectivity index (χ3v) is 6.08. The van der Waals surface area contributed by atoms with E-state index in [0.29, 0.717) is 37.6 Å². The van der Waals surface area contributed by atoms with Gasteiger partial charge in [0.15, 0.2) is 0 Å². The average molecular weight is 336 g/mol. The molecule has 1 aliphatic rings. The molecule has 0 spiro atoms. The van der Waals surface area contributed by atoms with Crippen LogP contribution in [0.2, 0.25) is 0 Å². The van der Waals surface area contributed by atoms with E-state index in [0.717, 1.165) is 6.42 Å². The van der Waals surface area contributed by atoms with Crippen molar-refractivity contribution in [1.82, 2.24) is 9.21 Å². The molecule has 0 aromatic carbocycles. The first-order valence-electron chi connectivity index (χ1n) is 7.58. The number of sulfonamides is 1. The van der Waals surface area contributed by atoms with Crippen LogP contribution >= 0.6 is 12.2 Å². The van der Waals surface area contributed by atoms with E-state index in [4.69, 9.17) is 18.0 Å². The Hall–Kier alpha value is -0.240. The van der Waals surface area contributed by atoms with Crippen molar-refractivity contribution in [1.29, 1.82) is 0 Å². The Morgan fingerprint density at radius 1 is 1.24 bits per heavy atom. The zero-order valence-electron chi connectivity index (χ0n) is 13.6. The second-order valence-corrected chi connectivity index (χ2v) is 9.45. The molecule has 0 aliphatic carbocycles. The molecular weight excluding hydrogens is 306 g/mol. The van der Waals surface area contributed by atoms with Crippen molar-refractivity contribution in [2.24, 2.45) is 11.1 Å². The first kappa shape index (κ1) is 18.8. The van der Waals surface area contributed by atoms with Crippen LogP contribution in [-0.4, -0.2) is 60.6 Å². The molecule has 1 heterocycles. The molecular formula is C14H29N3O2S2. The smallest absolute Gasteiger partial charge is 0.214 e. The quantitative estimate of drug-likeness (QED) is 0.744. The molecule has 0 aromatic rings. The summed E-state index contributed by atoms with van der Waals surface area (Å²) in [6, 6.07) is 0.0828. The van der Waals surface area contributed by atoms with Crippen LogP contribution in [0.1, 0.15) is 40.5 Å². The van der Waals surface area contributed by atoms with Gasteiger partial charge in [-0.3, -0.25) is 4.90 Å². The van der Waals surface area contributed by atoms with Crippen LogP contribution in [0.4, 0.5) is 0 Å². The maximum atomic E-state index is 12.4. The second-order valence-electron chi connectivity index (χ2n) is 6.89. The van der Waals surface area contributed by atoms with Gasteiger partial charge in [0.1, 0.15) is 0 Å². The van der Waals surface area contributed by atoms with Gasteiger partial charge < -0.3 is 5.73 Å². The Balaban J connectivity index is 2.57. The SMILES string of the molecule is CCC(C(N)=S)N1CCN(S(=O)(=O)CCC(C)(C)C)CC1. The van der Waals surface area contributed by atoms with Gasteiger partial charge in [0.05, 0.1) is 16.8 Å². The number of piperazine rings is 1. The fourth-order valence-electron chi connectivity index (χ4n) is 2.50. The molecule has 0 amide bonds. The summed E-state index contributed by atoms with van der Waals surface area (Å²) in [5.74, 6) is 0.225. The molecule has 124 valence electrons. The van der Waals surface area contributed by atoms with Gasteiger partial charge in [-0.15, -0.1) is 0 Å². The molecule has 1 aliphatic heterocycles.